The predicted molar refractivity (Wildman–Crippen MR) is 149 cm³/mol. The molecule has 8 nitrogen and oxygen atoms in total. The first-order valence-electron chi connectivity index (χ1n) is 12.3. The highest BCUT2D eigenvalue weighted by molar-refractivity contribution is 7.22. The zero-order chi connectivity index (χ0) is 27.5. The number of nitrogens with one attached hydrogen (secondary N) is 2. The molecule has 3 N–H and O–H groups in total. The van der Waals surface area contributed by atoms with E-state index < -0.39 is 17.9 Å². The number of carbonyl (C=O) groups excluding carboxylic acids is 1. The van der Waals surface area contributed by atoms with Crippen molar-refractivity contribution >= 4 is 44.2 Å². The number of thiazole rings is 1. The van der Waals surface area contributed by atoms with Crippen LogP contribution in [0, 0.1) is 11.7 Å². The second-order valence-electron chi connectivity index (χ2n) is 9.43. The van der Waals surface area contributed by atoms with E-state index in [-0.39, 0.29) is 23.9 Å². The number of carboxylic acid groups (broad SMARTS) is 1. The number of nitrogens with zero attached hydrogens (tertiary/aromatic N) is 2. The lowest BCUT2D eigenvalue weighted by molar-refractivity contribution is -0.139. The highest BCUT2D eigenvalue weighted by atomic mass is 32.1. The van der Waals surface area contributed by atoms with Gasteiger partial charge in [-0.15, -0.1) is 0 Å². The van der Waals surface area contributed by atoms with Gasteiger partial charge in [0.05, 0.1) is 15.8 Å². The molecular weight excluding hydrogens is 519 g/mol. The molecule has 39 heavy (non-hydrogen) atoms. The highest BCUT2D eigenvalue weighted by Crippen LogP contribution is 2.36. The predicted octanol–water partition coefficient (Wildman–Crippen LogP) is 6.73. The van der Waals surface area contributed by atoms with Crippen molar-refractivity contribution in [3.05, 3.63) is 84.4 Å². The number of carboxylic acids is 1. The second-order valence-corrected chi connectivity index (χ2v) is 10.5. The van der Waals surface area contributed by atoms with Crippen LogP contribution in [0.1, 0.15) is 30.8 Å². The van der Waals surface area contributed by atoms with E-state index in [1.807, 2.05) is 68.4 Å². The van der Waals surface area contributed by atoms with Crippen LogP contribution in [0.15, 0.2) is 77.3 Å². The summed E-state index contributed by atoms with van der Waals surface area (Å²) in [5, 5.41) is 20.2. The Morgan fingerprint density at radius 3 is 2.46 bits per heavy atom. The number of aliphatic carboxylic acids is 1. The average molecular weight is 545 g/mol. The second kappa shape index (κ2) is 11.0. The van der Waals surface area contributed by atoms with E-state index in [4.69, 9.17) is 4.52 Å². The van der Waals surface area contributed by atoms with Gasteiger partial charge in [0.15, 0.2) is 5.13 Å². The average Bonchev–Trinajstić information content (AvgIpc) is 3.53. The molecule has 2 heterocycles. The van der Waals surface area contributed by atoms with Gasteiger partial charge in [0.1, 0.15) is 17.6 Å². The molecule has 0 saturated carbocycles. The molecule has 10 heteroatoms. The van der Waals surface area contributed by atoms with Crippen molar-refractivity contribution in [3.63, 3.8) is 0 Å². The van der Waals surface area contributed by atoms with Crippen molar-refractivity contribution in [2.45, 2.75) is 26.3 Å². The van der Waals surface area contributed by atoms with E-state index >= 15 is 0 Å². The number of carbonyl (C=O) groups is 2. The van der Waals surface area contributed by atoms with Crippen LogP contribution < -0.4 is 10.6 Å². The smallest absolute Gasteiger partial charge is 0.326 e. The Kier molecular flexibility index (Phi) is 7.38. The molecule has 0 spiro atoms. The summed E-state index contributed by atoms with van der Waals surface area (Å²) in [4.78, 5) is 29.4. The maximum Gasteiger partial charge on any atom is 0.326 e. The Hall–Kier alpha value is -4.57. The fourth-order valence-electron chi connectivity index (χ4n) is 4.22. The van der Waals surface area contributed by atoms with E-state index in [9.17, 15) is 19.1 Å². The first-order valence-corrected chi connectivity index (χ1v) is 13.1. The number of anilines is 2. The van der Waals surface area contributed by atoms with Crippen LogP contribution in [0.3, 0.4) is 0 Å². The molecule has 2 aromatic heterocycles. The Bertz CT molecular complexity index is 1630. The minimum Gasteiger partial charge on any atom is -0.480 e. The lowest BCUT2D eigenvalue weighted by atomic mass is 9.98. The Morgan fingerprint density at radius 2 is 1.77 bits per heavy atom. The van der Waals surface area contributed by atoms with E-state index in [0.717, 1.165) is 10.4 Å². The third-order valence-corrected chi connectivity index (χ3v) is 6.96. The number of fused-ring (bicyclic) bond motifs is 1. The van der Waals surface area contributed by atoms with Crippen molar-refractivity contribution in [3.8, 4) is 22.4 Å². The zero-order valence-corrected chi connectivity index (χ0v) is 22.0. The number of aromatic nitrogens is 2. The standard InChI is InChI=1S/C29H25FN4O4S/c1-16(2)14-22(28(36)37)32-27(35)26-24(17-6-4-3-5-7-17)25(34-38-26)18-8-11-20(12-9-18)31-29-33-21-13-10-19(30)15-23(21)39-29/h3-13,15-16,22H,14H2,1-2H3,(H,31,33)(H,32,35)(H,36,37)/t22-/m0/s1. The van der Waals surface area contributed by atoms with Gasteiger partial charge in [-0.2, -0.15) is 0 Å². The number of amides is 1. The minimum atomic E-state index is -1.11. The van der Waals surface area contributed by atoms with Crippen LogP contribution in [-0.2, 0) is 4.79 Å². The Balaban J connectivity index is 1.44. The van der Waals surface area contributed by atoms with Crippen LogP contribution in [0.5, 0.6) is 0 Å². The minimum absolute atomic E-state index is 0.0601. The van der Waals surface area contributed by atoms with Crippen LogP contribution in [0.25, 0.3) is 32.6 Å². The molecule has 0 aliphatic rings. The van der Waals surface area contributed by atoms with Crippen LogP contribution >= 0.6 is 11.3 Å². The van der Waals surface area contributed by atoms with Gasteiger partial charge in [0, 0.05) is 11.3 Å². The summed E-state index contributed by atoms with van der Waals surface area (Å²) in [7, 11) is 0. The van der Waals surface area contributed by atoms with Gasteiger partial charge < -0.3 is 20.3 Å². The van der Waals surface area contributed by atoms with Gasteiger partial charge in [0.25, 0.3) is 5.91 Å². The highest BCUT2D eigenvalue weighted by Gasteiger charge is 2.28. The maximum absolute atomic E-state index is 13.5. The number of rotatable bonds is 9. The summed E-state index contributed by atoms with van der Waals surface area (Å²) >= 11 is 1.35. The Morgan fingerprint density at radius 1 is 1.03 bits per heavy atom. The molecule has 0 saturated heterocycles. The van der Waals surface area contributed by atoms with Gasteiger partial charge >= 0.3 is 5.97 Å². The van der Waals surface area contributed by atoms with Gasteiger partial charge in [-0.1, -0.05) is 72.8 Å². The molecule has 3 aromatic carbocycles. The molecule has 5 aromatic rings. The summed E-state index contributed by atoms with van der Waals surface area (Å²) in [5.74, 6) is -2.06. The Labute approximate surface area is 227 Å². The fraction of sp³-hybridized carbons (Fsp3) is 0.172. The number of halogens is 1. The monoisotopic (exact) mass is 544 g/mol. The lowest BCUT2D eigenvalue weighted by Crippen LogP contribution is -2.41. The van der Waals surface area contributed by atoms with Crippen molar-refractivity contribution < 1.29 is 23.6 Å². The summed E-state index contributed by atoms with van der Waals surface area (Å²) in [6.45, 7) is 3.78. The summed E-state index contributed by atoms with van der Waals surface area (Å²) in [6, 6.07) is 20.0. The molecule has 0 fully saturated rings. The molecule has 0 bridgehead atoms. The first-order chi connectivity index (χ1) is 18.8. The summed E-state index contributed by atoms with van der Waals surface area (Å²) in [5.41, 5.74) is 3.79. The number of benzene rings is 3. The van der Waals surface area contributed by atoms with Crippen LogP contribution in [0.4, 0.5) is 15.2 Å². The van der Waals surface area contributed by atoms with Gasteiger partial charge in [-0.05, 0) is 48.2 Å². The lowest BCUT2D eigenvalue weighted by Gasteiger charge is -2.16. The van der Waals surface area contributed by atoms with E-state index in [0.29, 0.717) is 33.0 Å². The van der Waals surface area contributed by atoms with Crippen LogP contribution in [-0.4, -0.2) is 33.2 Å². The van der Waals surface area contributed by atoms with Gasteiger partial charge in [-0.3, -0.25) is 4.79 Å². The van der Waals surface area contributed by atoms with E-state index in [2.05, 4.69) is 20.8 Å². The third kappa shape index (κ3) is 5.80. The topological polar surface area (TPSA) is 117 Å². The van der Waals surface area contributed by atoms with Crippen molar-refractivity contribution in [2.24, 2.45) is 5.92 Å². The molecule has 198 valence electrons. The molecule has 1 amide bonds. The van der Waals surface area contributed by atoms with E-state index in [1.54, 1.807) is 6.07 Å². The van der Waals surface area contributed by atoms with Crippen LogP contribution in [0.2, 0.25) is 0 Å². The molecule has 1 atom stereocenters. The van der Waals surface area contributed by atoms with Gasteiger partial charge in [0.2, 0.25) is 5.76 Å². The fourth-order valence-corrected chi connectivity index (χ4v) is 5.13. The molecule has 0 aliphatic heterocycles. The molecular formula is C29H25FN4O4S. The maximum atomic E-state index is 13.5. The van der Waals surface area contributed by atoms with E-state index in [1.165, 1.54) is 23.5 Å². The quantitative estimate of drug-likeness (QED) is 0.188. The van der Waals surface area contributed by atoms with Crippen molar-refractivity contribution in [1.29, 1.82) is 0 Å². The number of hydrogen-bond acceptors (Lipinski definition) is 7. The molecule has 5 rings (SSSR count). The zero-order valence-electron chi connectivity index (χ0n) is 21.1. The third-order valence-electron chi connectivity index (χ3n) is 6.03. The van der Waals surface area contributed by atoms with Gasteiger partial charge in [-0.25, -0.2) is 14.2 Å². The van der Waals surface area contributed by atoms with Crippen molar-refractivity contribution in [2.75, 3.05) is 5.32 Å². The summed E-state index contributed by atoms with van der Waals surface area (Å²) in [6.07, 6.45) is 0.279. The summed E-state index contributed by atoms with van der Waals surface area (Å²) < 4.78 is 19.8. The molecule has 0 aliphatic carbocycles. The molecule has 0 unspecified atom stereocenters. The van der Waals surface area contributed by atoms with Crippen molar-refractivity contribution in [1.82, 2.24) is 15.5 Å². The SMILES string of the molecule is CC(C)C[C@H](NC(=O)c1onc(-c2ccc(Nc3nc4ccc(F)cc4s3)cc2)c1-c1ccccc1)C(=O)O. The largest absolute Gasteiger partial charge is 0.480 e. The molecule has 0 radical (unpaired) electrons. The first kappa shape index (κ1) is 26.1. The normalized spacial score (nSPS) is 12.0. The number of hydrogen-bond donors (Lipinski definition) is 3.